The molecule has 0 heterocycles. The third kappa shape index (κ3) is 3.51. The van der Waals surface area contributed by atoms with Crippen molar-refractivity contribution in [3.05, 3.63) is 103 Å². The summed E-state index contributed by atoms with van der Waals surface area (Å²) in [5.74, 6) is 0. The highest BCUT2D eigenvalue weighted by Gasteiger charge is 2.09. The average Bonchev–Trinajstić information content (AvgIpc) is 2.75. The van der Waals surface area contributed by atoms with Gasteiger partial charge in [-0.2, -0.15) is 5.26 Å². The second kappa shape index (κ2) is 7.53. The zero-order chi connectivity index (χ0) is 18.6. The van der Waals surface area contributed by atoms with Crippen molar-refractivity contribution in [2.75, 3.05) is 0 Å². The molecule has 4 aromatic rings. The Morgan fingerprint density at radius 3 is 1.78 bits per heavy atom. The quantitative estimate of drug-likeness (QED) is 0.395. The summed E-state index contributed by atoms with van der Waals surface area (Å²) in [6.07, 6.45) is 0. The van der Waals surface area contributed by atoms with Gasteiger partial charge in [-0.15, -0.1) is 12.6 Å². The zero-order valence-corrected chi connectivity index (χ0v) is 15.5. The van der Waals surface area contributed by atoms with Crippen LogP contribution in [0.3, 0.4) is 0 Å². The molecule has 4 aromatic carbocycles. The normalized spacial score (nSPS) is 10.4. The topological polar surface area (TPSA) is 23.8 Å². The minimum atomic E-state index is 0.671. The van der Waals surface area contributed by atoms with E-state index in [0.29, 0.717) is 5.56 Å². The van der Waals surface area contributed by atoms with E-state index in [2.05, 4.69) is 60.7 Å². The predicted molar refractivity (Wildman–Crippen MR) is 115 cm³/mol. The van der Waals surface area contributed by atoms with Crippen LogP contribution in [-0.4, -0.2) is 0 Å². The van der Waals surface area contributed by atoms with E-state index in [1.54, 1.807) is 0 Å². The first-order chi connectivity index (χ1) is 13.3. The van der Waals surface area contributed by atoms with Gasteiger partial charge in [-0.05, 0) is 45.5 Å². The molecule has 4 rings (SSSR count). The molecule has 0 spiro atoms. The Labute approximate surface area is 165 Å². The van der Waals surface area contributed by atoms with Gasteiger partial charge in [-0.25, -0.2) is 0 Å². The van der Waals surface area contributed by atoms with E-state index >= 15 is 0 Å². The molecule has 0 aliphatic carbocycles. The molecule has 2 heteroatoms. The van der Waals surface area contributed by atoms with Gasteiger partial charge in [0, 0.05) is 4.90 Å². The van der Waals surface area contributed by atoms with E-state index in [-0.39, 0.29) is 0 Å². The molecular weight excluding hydrogens is 346 g/mol. The number of thiol groups is 1. The van der Waals surface area contributed by atoms with Crippen molar-refractivity contribution in [3.63, 3.8) is 0 Å². The maximum Gasteiger partial charge on any atom is 0.0991 e. The molecule has 0 radical (unpaired) electrons. The first-order valence-electron chi connectivity index (χ1n) is 8.74. The number of benzene rings is 4. The molecule has 1 nitrogen and oxygen atoms in total. The number of hydrogen-bond acceptors (Lipinski definition) is 2. The Kier molecular flexibility index (Phi) is 4.78. The zero-order valence-electron chi connectivity index (χ0n) is 14.6. The molecule has 0 unspecified atom stereocenters. The molecule has 0 aliphatic rings. The average molecular weight is 363 g/mol. The summed E-state index contributed by atoms with van der Waals surface area (Å²) in [5.41, 5.74) is 7.33. The van der Waals surface area contributed by atoms with Gasteiger partial charge in [0.25, 0.3) is 0 Å². The van der Waals surface area contributed by atoms with Gasteiger partial charge in [-0.1, -0.05) is 84.9 Å². The number of hydrogen-bond donors (Lipinski definition) is 1. The number of rotatable bonds is 3. The number of nitrogens with zero attached hydrogens (tertiary/aromatic N) is 1. The Bertz CT molecular complexity index is 1120. The van der Waals surface area contributed by atoms with E-state index < -0.39 is 0 Å². The van der Waals surface area contributed by atoms with E-state index in [1.807, 2.05) is 42.5 Å². The molecule has 0 amide bonds. The van der Waals surface area contributed by atoms with Gasteiger partial charge in [0.15, 0.2) is 0 Å². The molecule has 0 aliphatic heterocycles. The van der Waals surface area contributed by atoms with Gasteiger partial charge < -0.3 is 0 Å². The molecule has 0 atom stereocenters. The lowest BCUT2D eigenvalue weighted by Gasteiger charge is -2.12. The van der Waals surface area contributed by atoms with E-state index in [4.69, 9.17) is 17.9 Å². The Morgan fingerprint density at radius 1 is 0.556 bits per heavy atom. The van der Waals surface area contributed by atoms with Crippen molar-refractivity contribution < 1.29 is 0 Å². The molecule has 0 saturated carbocycles. The second-order valence-electron chi connectivity index (χ2n) is 6.34. The van der Waals surface area contributed by atoms with E-state index in [0.717, 1.165) is 38.3 Å². The van der Waals surface area contributed by atoms with Crippen LogP contribution in [0.15, 0.2) is 102 Å². The fourth-order valence-corrected chi connectivity index (χ4v) is 3.64. The van der Waals surface area contributed by atoms with E-state index in [1.165, 1.54) is 0 Å². The molecule has 0 bridgehead atoms. The summed E-state index contributed by atoms with van der Waals surface area (Å²) >= 11 is 4.82. The maximum absolute atomic E-state index is 9.09. The van der Waals surface area contributed by atoms with Gasteiger partial charge >= 0.3 is 0 Å². The highest BCUT2D eigenvalue weighted by molar-refractivity contribution is 7.80. The minimum absolute atomic E-state index is 0.671. The molecular formula is C25H17NS. The SMILES string of the molecule is N#Cc1cccc(-c2ccc(-c3cccc(-c4ccccc4)c3S)cc2)c1. The van der Waals surface area contributed by atoms with Crippen LogP contribution in [0.2, 0.25) is 0 Å². The van der Waals surface area contributed by atoms with Gasteiger partial charge in [0.1, 0.15) is 0 Å². The Hall–Kier alpha value is -3.28. The third-order valence-electron chi connectivity index (χ3n) is 4.64. The number of nitriles is 1. The first-order valence-corrected chi connectivity index (χ1v) is 9.19. The molecule has 0 fully saturated rings. The molecule has 128 valence electrons. The van der Waals surface area contributed by atoms with Crippen LogP contribution in [0.25, 0.3) is 33.4 Å². The maximum atomic E-state index is 9.09. The van der Waals surface area contributed by atoms with Gasteiger partial charge in [0.2, 0.25) is 0 Å². The minimum Gasteiger partial charge on any atom is -0.192 e. The summed E-state index contributed by atoms with van der Waals surface area (Å²) < 4.78 is 0. The second-order valence-corrected chi connectivity index (χ2v) is 6.78. The molecule has 0 aromatic heterocycles. The predicted octanol–water partition coefficient (Wildman–Crippen LogP) is 6.85. The van der Waals surface area contributed by atoms with Crippen LogP contribution < -0.4 is 0 Å². The smallest absolute Gasteiger partial charge is 0.0991 e. The van der Waals surface area contributed by atoms with E-state index in [9.17, 15) is 0 Å². The summed E-state index contributed by atoms with van der Waals surface area (Å²) in [7, 11) is 0. The van der Waals surface area contributed by atoms with Gasteiger partial charge in [-0.3, -0.25) is 0 Å². The van der Waals surface area contributed by atoms with Crippen LogP contribution in [0, 0.1) is 11.3 Å². The van der Waals surface area contributed by atoms with Crippen LogP contribution in [-0.2, 0) is 0 Å². The van der Waals surface area contributed by atoms with Crippen molar-refractivity contribution >= 4 is 12.6 Å². The van der Waals surface area contributed by atoms with Crippen LogP contribution in [0.1, 0.15) is 5.56 Å². The standard InChI is InChI=1S/C25H17NS/c26-17-18-6-4-9-22(16-18)19-12-14-21(15-13-19)24-11-5-10-23(25(24)27)20-7-2-1-3-8-20/h1-16,27H. The summed E-state index contributed by atoms with van der Waals surface area (Å²) in [6, 6.07) is 34.8. The summed E-state index contributed by atoms with van der Waals surface area (Å²) in [5, 5.41) is 9.09. The molecule has 0 N–H and O–H groups in total. The molecule has 27 heavy (non-hydrogen) atoms. The lowest BCUT2D eigenvalue weighted by Crippen LogP contribution is -1.86. The summed E-state index contributed by atoms with van der Waals surface area (Å²) in [4.78, 5) is 0.975. The van der Waals surface area contributed by atoms with Crippen LogP contribution >= 0.6 is 12.6 Å². The third-order valence-corrected chi connectivity index (χ3v) is 5.12. The largest absolute Gasteiger partial charge is 0.192 e. The fourth-order valence-electron chi connectivity index (χ4n) is 3.24. The van der Waals surface area contributed by atoms with Crippen molar-refractivity contribution in [3.8, 4) is 39.4 Å². The highest BCUT2D eigenvalue weighted by atomic mass is 32.1. The lowest BCUT2D eigenvalue weighted by atomic mass is 9.96. The molecule has 0 saturated heterocycles. The van der Waals surface area contributed by atoms with Crippen LogP contribution in [0.5, 0.6) is 0 Å². The Balaban J connectivity index is 1.72. The van der Waals surface area contributed by atoms with Crippen molar-refractivity contribution in [1.82, 2.24) is 0 Å². The van der Waals surface area contributed by atoms with Crippen molar-refractivity contribution in [2.24, 2.45) is 0 Å². The van der Waals surface area contributed by atoms with Crippen LogP contribution in [0.4, 0.5) is 0 Å². The van der Waals surface area contributed by atoms with Crippen molar-refractivity contribution in [2.45, 2.75) is 4.90 Å². The summed E-state index contributed by atoms with van der Waals surface area (Å²) in [6.45, 7) is 0. The van der Waals surface area contributed by atoms with Gasteiger partial charge in [0.05, 0.1) is 11.6 Å². The lowest BCUT2D eigenvalue weighted by molar-refractivity contribution is 1.44. The first kappa shape index (κ1) is 17.1. The fraction of sp³-hybridized carbons (Fsp3) is 0. The highest BCUT2D eigenvalue weighted by Crippen LogP contribution is 2.35. The monoisotopic (exact) mass is 363 g/mol. The Morgan fingerprint density at radius 2 is 1.11 bits per heavy atom. The van der Waals surface area contributed by atoms with Crippen molar-refractivity contribution in [1.29, 1.82) is 5.26 Å².